The summed E-state index contributed by atoms with van der Waals surface area (Å²) in [6.07, 6.45) is 3.59. The Kier molecular flexibility index (Phi) is 1.70. The molecule has 1 heteroatoms. The van der Waals surface area contributed by atoms with Crippen LogP contribution < -0.4 is 0 Å². The molecule has 0 aromatic rings. The van der Waals surface area contributed by atoms with Crippen LogP contribution in [-0.4, -0.2) is 5.78 Å². The topological polar surface area (TPSA) is 17.1 Å². The summed E-state index contributed by atoms with van der Waals surface area (Å²) in [6, 6.07) is 0. The van der Waals surface area contributed by atoms with Crippen molar-refractivity contribution in [3.05, 3.63) is 11.1 Å². The largest absolute Gasteiger partial charge is 0.295 e. The first-order chi connectivity index (χ1) is 4.22. The van der Waals surface area contributed by atoms with E-state index in [1.165, 1.54) is 12.0 Å². The number of carbonyl (C=O) groups is 1. The molecule has 9 heavy (non-hydrogen) atoms. The molecule has 1 saturated carbocycles. The fourth-order valence-corrected chi connectivity index (χ4v) is 0.977. The van der Waals surface area contributed by atoms with Crippen molar-refractivity contribution in [1.82, 2.24) is 0 Å². The van der Waals surface area contributed by atoms with Gasteiger partial charge in [-0.3, -0.25) is 4.79 Å². The molecule has 0 unspecified atom stereocenters. The van der Waals surface area contributed by atoms with Gasteiger partial charge in [-0.2, -0.15) is 0 Å². The van der Waals surface area contributed by atoms with Crippen molar-refractivity contribution in [2.45, 2.75) is 33.1 Å². The Hall–Kier alpha value is -0.590. The number of rotatable bonds is 1. The molecule has 0 aromatic carbocycles. The van der Waals surface area contributed by atoms with E-state index < -0.39 is 0 Å². The van der Waals surface area contributed by atoms with E-state index >= 15 is 0 Å². The van der Waals surface area contributed by atoms with Crippen molar-refractivity contribution >= 4 is 5.78 Å². The summed E-state index contributed by atoms with van der Waals surface area (Å²) in [7, 11) is 0. The van der Waals surface area contributed by atoms with Gasteiger partial charge in [0.15, 0.2) is 5.78 Å². The number of carbonyl (C=O) groups excluding carboxylic acids is 1. The van der Waals surface area contributed by atoms with E-state index in [0.29, 0.717) is 0 Å². The average Bonchev–Trinajstić information content (AvgIpc) is 1.60. The lowest BCUT2D eigenvalue weighted by atomic mass is 9.87. The fourth-order valence-electron chi connectivity index (χ4n) is 0.977. The monoisotopic (exact) mass is 124 g/mol. The Morgan fingerprint density at radius 2 is 1.89 bits per heavy atom. The van der Waals surface area contributed by atoms with Gasteiger partial charge in [-0.25, -0.2) is 0 Å². The third-order valence-electron chi connectivity index (χ3n) is 2.02. The van der Waals surface area contributed by atoms with Crippen molar-refractivity contribution in [1.29, 1.82) is 0 Å². The summed E-state index contributed by atoms with van der Waals surface area (Å²) < 4.78 is 0. The summed E-state index contributed by atoms with van der Waals surface area (Å²) in [6.45, 7) is 3.57. The molecule has 0 atom stereocenters. The van der Waals surface area contributed by atoms with Crippen molar-refractivity contribution < 1.29 is 4.79 Å². The SMILES string of the molecule is CC(=O)C(C)=C1CCC1. The lowest BCUT2D eigenvalue weighted by Gasteiger charge is -2.18. The zero-order chi connectivity index (χ0) is 6.85. The Balaban J connectivity index is 2.67. The molecule has 0 N–H and O–H groups in total. The van der Waals surface area contributed by atoms with E-state index in [1.54, 1.807) is 6.92 Å². The predicted molar refractivity (Wildman–Crippen MR) is 37.2 cm³/mol. The Morgan fingerprint density at radius 1 is 1.33 bits per heavy atom. The highest BCUT2D eigenvalue weighted by atomic mass is 16.1. The number of hydrogen-bond donors (Lipinski definition) is 0. The highest BCUT2D eigenvalue weighted by molar-refractivity contribution is 5.93. The minimum Gasteiger partial charge on any atom is -0.295 e. The minimum atomic E-state index is 0.240. The van der Waals surface area contributed by atoms with Crippen LogP contribution in [-0.2, 0) is 4.79 Å². The van der Waals surface area contributed by atoms with Gasteiger partial charge < -0.3 is 0 Å². The smallest absolute Gasteiger partial charge is 0.155 e. The Bertz CT molecular complexity index is 159. The van der Waals surface area contributed by atoms with Gasteiger partial charge in [0.05, 0.1) is 0 Å². The van der Waals surface area contributed by atoms with E-state index in [4.69, 9.17) is 0 Å². The molecule has 0 radical (unpaired) electrons. The lowest BCUT2D eigenvalue weighted by Crippen LogP contribution is -2.04. The van der Waals surface area contributed by atoms with Gasteiger partial charge in [-0.05, 0) is 38.7 Å². The van der Waals surface area contributed by atoms with E-state index in [1.807, 2.05) is 6.92 Å². The fraction of sp³-hybridized carbons (Fsp3) is 0.625. The molecule has 0 saturated heterocycles. The van der Waals surface area contributed by atoms with Crippen molar-refractivity contribution in [3.8, 4) is 0 Å². The molecule has 1 fully saturated rings. The Morgan fingerprint density at radius 3 is 2.00 bits per heavy atom. The summed E-state index contributed by atoms with van der Waals surface area (Å²) >= 11 is 0. The first-order valence-electron chi connectivity index (χ1n) is 3.41. The molecule has 1 aliphatic carbocycles. The Labute approximate surface area is 55.8 Å². The molecule has 1 nitrogen and oxygen atoms in total. The molecule has 0 bridgehead atoms. The first-order valence-corrected chi connectivity index (χ1v) is 3.41. The van der Waals surface area contributed by atoms with Crippen LogP contribution in [0.4, 0.5) is 0 Å². The number of Topliss-reactive ketones (excluding diaryl/α,β-unsaturated/α-hetero) is 1. The van der Waals surface area contributed by atoms with Crippen LogP contribution >= 0.6 is 0 Å². The summed E-state index contributed by atoms with van der Waals surface area (Å²) in [5.41, 5.74) is 2.38. The van der Waals surface area contributed by atoms with E-state index in [-0.39, 0.29) is 5.78 Å². The zero-order valence-electron chi connectivity index (χ0n) is 6.03. The van der Waals surface area contributed by atoms with Crippen LogP contribution in [0.5, 0.6) is 0 Å². The number of allylic oxidation sites excluding steroid dienone is 2. The maximum atomic E-state index is 10.7. The minimum absolute atomic E-state index is 0.240. The normalized spacial score (nSPS) is 16.9. The van der Waals surface area contributed by atoms with Crippen LogP contribution in [0.3, 0.4) is 0 Å². The molecule has 0 amide bonds. The third-order valence-corrected chi connectivity index (χ3v) is 2.02. The highest BCUT2D eigenvalue weighted by Crippen LogP contribution is 2.28. The predicted octanol–water partition coefficient (Wildman–Crippen LogP) is 2.08. The summed E-state index contributed by atoms with van der Waals surface area (Å²) in [5, 5.41) is 0. The standard InChI is InChI=1S/C8H12O/c1-6(7(2)9)8-4-3-5-8/h3-5H2,1-2H3. The molecule has 0 heterocycles. The van der Waals surface area contributed by atoms with Gasteiger partial charge in [-0.15, -0.1) is 0 Å². The molecule has 50 valence electrons. The van der Waals surface area contributed by atoms with Gasteiger partial charge in [-0.1, -0.05) is 5.57 Å². The molecular weight excluding hydrogens is 112 g/mol. The average molecular weight is 124 g/mol. The maximum Gasteiger partial charge on any atom is 0.155 e. The molecule has 1 rings (SSSR count). The summed E-state index contributed by atoms with van der Waals surface area (Å²) in [4.78, 5) is 10.7. The first kappa shape index (κ1) is 6.53. The summed E-state index contributed by atoms with van der Waals surface area (Å²) in [5.74, 6) is 0.240. The second kappa shape index (κ2) is 2.34. The highest BCUT2D eigenvalue weighted by Gasteiger charge is 2.13. The van der Waals surface area contributed by atoms with Crippen LogP contribution in [0.15, 0.2) is 11.1 Å². The van der Waals surface area contributed by atoms with Crippen LogP contribution in [0.2, 0.25) is 0 Å². The van der Waals surface area contributed by atoms with Gasteiger partial charge in [0, 0.05) is 0 Å². The van der Waals surface area contributed by atoms with Crippen molar-refractivity contribution in [2.75, 3.05) is 0 Å². The van der Waals surface area contributed by atoms with E-state index in [9.17, 15) is 4.79 Å². The van der Waals surface area contributed by atoms with Gasteiger partial charge >= 0.3 is 0 Å². The van der Waals surface area contributed by atoms with Crippen molar-refractivity contribution in [3.63, 3.8) is 0 Å². The zero-order valence-corrected chi connectivity index (χ0v) is 6.03. The lowest BCUT2D eigenvalue weighted by molar-refractivity contribution is -0.113. The molecule has 0 aliphatic heterocycles. The third kappa shape index (κ3) is 1.21. The molecule has 1 aliphatic rings. The van der Waals surface area contributed by atoms with E-state index in [2.05, 4.69) is 0 Å². The van der Waals surface area contributed by atoms with Crippen LogP contribution in [0.25, 0.3) is 0 Å². The molecule has 0 aromatic heterocycles. The van der Waals surface area contributed by atoms with Gasteiger partial charge in [0.2, 0.25) is 0 Å². The maximum absolute atomic E-state index is 10.7. The van der Waals surface area contributed by atoms with Gasteiger partial charge in [0.25, 0.3) is 0 Å². The molecule has 0 spiro atoms. The number of hydrogen-bond acceptors (Lipinski definition) is 1. The quantitative estimate of drug-likeness (QED) is 0.489. The second-order valence-electron chi connectivity index (χ2n) is 2.64. The van der Waals surface area contributed by atoms with E-state index in [0.717, 1.165) is 18.4 Å². The second-order valence-corrected chi connectivity index (χ2v) is 2.64. The van der Waals surface area contributed by atoms with Crippen LogP contribution in [0, 0.1) is 0 Å². The number of ketones is 1. The van der Waals surface area contributed by atoms with Crippen molar-refractivity contribution in [2.24, 2.45) is 0 Å². The van der Waals surface area contributed by atoms with Gasteiger partial charge in [0.1, 0.15) is 0 Å². The molecular formula is C8H12O. The van der Waals surface area contributed by atoms with Crippen LogP contribution in [0.1, 0.15) is 33.1 Å².